The molecule has 1 unspecified atom stereocenters. The van der Waals surface area contributed by atoms with Crippen LogP contribution in [0.3, 0.4) is 0 Å². The average Bonchev–Trinajstić information content (AvgIpc) is 2.83. The van der Waals surface area contributed by atoms with E-state index in [-0.39, 0.29) is 5.69 Å². The van der Waals surface area contributed by atoms with Crippen LogP contribution in [0.15, 0.2) is 28.8 Å². The number of rotatable bonds is 2. The summed E-state index contributed by atoms with van der Waals surface area (Å²) in [6.07, 6.45) is 1.23. The molecule has 0 spiro atoms. The number of carbonyl (C=O) groups excluding carboxylic acids is 1. The molecular formula is C13H9NO4. The molecule has 5 nitrogen and oxygen atoms in total. The van der Waals surface area contributed by atoms with Gasteiger partial charge in [-0.05, 0) is 12.0 Å². The fourth-order valence-corrected chi connectivity index (χ4v) is 2.36. The molecule has 0 saturated heterocycles. The van der Waals surface area contributed by atoms with E-state index in [1.807, 2.05) is 24.3 Å². The minimum absolute atomic E-state index is 0.170. The van der Waals surface area contributed by atoms with Crippen LogP contribution in [-0.2, 0) is 11.2 Å². The Balaban J connectivity index is 2.29. The summed E-state index contributed by atoms with van der Waals surface area (Å²) in [6, 6.07) is 7.46. The van der Waals surface area contributed by atoms with Crippen LogP contribution in [0.2, 0.25) is 0 Å². The summed E-state index contributed by atoms with van der Waals surface area (Å²) in [6.45, 7) is 0. The topological polar surface area (TPSA) is 80.4 Å². The van der Waals surface area contributed by atoms with Crippen molar-refractivity contribution in [2.24, 2.45) is 0 Å². The first-order valence-electron chi connectivity index (χ1n) is 5.48. The molecule has 2 aromatic rings. The van der Waals surface area contributed by atoms with Crippen molar-refractivity contribution in [3.63, 3.8) is 0 Å². The first-order valence-corrected chi connectivity index (χ1v) is 5.48. The molecule has 1 aliphatic rings. The van der Waals surface area contributed by atoms with Crippen molar-refractivity contribution in [3.8, 4) is 11.3 Å². The maximum absolute atomic E-state index is 11.1. The van der Waals surface area contributed by atoms with Crippen molar-refractivity contribution in [2.45, 2.75) is 12.3 Å². The van der Waals surface area contributed by atoms with E-state index >= 15 is 0 Å². The predicted octanol–water partition coefficient (Wildman–Crippen LogP) is 1.88. The maximum atomic E-state index is 11.1. The highest BCUT2D eigenvalue weighted by atomic mass is 16.5. The molecule has 1 aromatic carbocycles. The Morgan fingerprint density at radius 1 is 1.44 bits per heavy atom. The second-order valence-corrected chi connectivity index (χ2v) is 4.18. The van der Waals surface area contributed by atoms with Crippen molar-refractivity contribution in [3.05, 3.63) is 41.1 Å². The number of aromatic carboxylic acids is 1. The van der Waals surface area contributed by atoms with Crippen LogP contribution in [0.4, 0.5) is 0 Å². The van der Waals surface area contributed by atoms with Gasteiger partial charge in [0.1, 0.15) is 6.29 Å². The summed E-state index contributed by atoms with van der Waals surface area (Å²) < 4.78 is 5.12. The van der Waals surface area contributed by atoms with E-state index in [4.69, 9.17) is 9.63 Å². The number of fused-ring (bicyclic) bond motifs is 3. The number of benzene rings is 1. The van der Waals surface area contributed by atoms with E-state index in [0.29, 0.717) is 17.7 Å². The van der Waals surface area contributed by atoms with Gasteiger partial charge in [-0.15, -0.1) is 0 Å². The van der Waals surface area contributed by atoms with E-state index in [9.17, 15) is 9.59 Å². The van der Waals surface area contributed by atoms with E-state index in [2.05, 4.69) is 5.16 Å². The van der Waals surface area contributed by atoms with Gasteiger partial charge in [-0.25, -0.2) is 4.79 Å². The van der Waals surface area contributed by atoms with E-state index < -0.39 is 11.9 Å². The van der Waals surface area contributed by atoms with Gasteiger partial charge in [0.25, 0.3) is 0 Å². The molecule has 1 aromatic heterocycles. The lowest BCUT2D eigenvalue weighted by Gasteiger charge is -2.19. The summed E-state index contributed by atoms with van der Waals surface area (Å²) in [4.78, 5) is 22.2. The summed E-state index contributed by atoms with van der Waals surface area (Å²) >= 11 is 0. The van der Waals surface area contributed by atoms with Crippen LogP contribution in [0, 0.1) is 0 Å². The van der Waals surface area contributed by atoms with Crippen molar-refractivity contribution in [2.75, 3.05) is 0 Å². The van der Waals surface area contributed by atoms with Crippen molar-refractivity contribution in [1.29, 1.82) is 0 Å². The highest BCUT2D eigenvalue weighted by molar-refractivity contribution is 5.92. The normalized spacial score (nSPS) is 16.8. The van der Waals surface area contributed by atoms with Gasteiger partial charge >= 0.3 is 5.97 Å². The second-order valence-electron chi connectivity index (χ2n) is 4.18. The minimum Gasteiger partial charge on any atom is -0.476 e. The zero-order valence-corrected chi connectivity index (χ0v) is 9.29. The lowest BCUT2D eigenvalue weighted by Crippen LogP contribution is -2.14. The molecule has 0 bridgehead atoms. The number of hydrogen-bond donors (Lipinski definition) is 1. The molecule has 5 heteroatoms. The molecular weight excluding hydrogens is 234 g/mol. The number of aromatic nitrogens is 1. The van der Waals surface area contributed by atoms with Gasteiger partial charge < -0.3 is 14.4 Å². The fraction of sp³-hybridized carbons (Fsp3) is 0.154. The quantitative estimate of drug-likeness (QED) is 0.814. The molecule has 90 valence electrons. The SMILES string of the molecule is O=CC1Cc2ccccc2-c2onc(C(=O)O)c21. The highest BCUT2D eigenvalue weighted by Crippen LogP contribution is 2.40. The molecule has 0 aliphatic heterocycles. The number of carboxylic acid groups (broad SMARTS) is 1. The molecule has 0 amide bonds. The monoisotopic (exact) mass is 243 g/mol. The maximum Gasteiger partial charge on any atom is 0.358 e. The number of nitrogens with zero attached hydrogens (tertiary/aromatic N) is 1. The molecule has 3 rings (SSSR count). The van der Waals surface area contributed by atoms with Gasteiger partial charge in [0, 0.05) is 11.1 Å². The number of hydrogen-bond acceptors (Lipinski definition) is 4. The first kappa shape index (κ1) is 10.7. The van der Waals surface area contributed by atoms with Gasteiger partial charge in [-0.1, -0.05) is 29.4 Å². The van der Waals surface area contributed by atoms with E-state index in [1.165, 1.54) is 0 Å². The third-order valence-corrected chi connectivity index (χ3v) is 3.17. The van der Waals surface area contributed by atoms with Crippen LogP contribution in [0.5, 0.6) is 0 Å². The zero-order valence-electron chi connectivity index (χ0n) is 9.29. The van der Waals surface area contributed by atoms with Crippen molar-refractivity contribution >= 4 is 12.3 Å². The summed E-state index contributed by atoms with van der Waals surface area (Å²) in [7, 11) is 0. The Morgan fingerprint density at radius 3 is 2.94 bits per heavy atom. The van der Waals surface area contributed by atoms with Crippen LogP contribution >= 0.6 is 0 Å². The van der Waals surface area contributed by atoms with Gasteiger partial charge in [0.05, 0.1) is 5.92 Å². The molecule has 0 fully saturated rings. The molecule has 0 radical (unpaired) electrons. The van der Waals surface area contributed by atoms with Gasteiger partial charge in [-0.3, -0.25) is 0 Å². The molecule has 18 heavy (non-hydrogen) atoms. The third kappa shape index (κ3) is 1.37. The Labute approximate surface area is 102 Å². The minimum atomic E-state index is -1.17. The zero-order chi connectivity index (χ0) is 12.7. The largest absolute Gasteiger partial charge is 0.476 e. The smallest absolute Gasteiger partial charge is 0.358 e. The lowest BCUT2D eigenvalue weighted by atomic mass is 9.82. The standard InChI is InChI=1S/C13H9NO4/c15-6-8-5-7-3-1-2-4-9(7)12-10(8)11(13(16)17)14-18-12/h1-4,6,8H,5H2,(H,16,17). The fourth-order valence-electron chi connectivity index (χ4n) is 2.36. The second kappa shape index (κ2) is 3.80. The Bertz CT molecular complexity index is 644. The van der Waals surface area contributed by atoms with Gasteiger partial charge in [0.15, 0.2) is 11.5 Å². The molecule has 1 atom stereocenters. The Kier molecular flexibility index (Phi) is 2.26. The molecule has 0 saturated carbocycles. The lowest BCUT2D eigenvalue weighted by molar-refractivity contribution is -0.109. The molecule has 1 heterocycles. The van der Waals surface area contributed by atoms with Gasteiger partial charge in [-0.2, -0.15) is 0 Å². The van der Waals surface area contributed by atoms with Crippen LogP contribution in [0.25, 0.3) is 11.3 Å². The van der Waals surface area contributed by atoms with E-state index in [1.54, 1.807) is 0 Å². The molecule has 1 aliphatic carbocycles. The van der Waals surface area contributed by atoms with Crippen LogP contribution < -0.4 is 0 Å². The van der Waals surface area contributed by atoms with Crippen molar-refractivity contribution in [1.82, 2.24) is 5.16 Å². The van der Waals surface area contributed by atoms with E-state index in [0.717, 1.165) is 17.4 Å². The predicted molar refractivity (Wildman–Crippen MR) is 61.4 cm³/mol. The third-order valence-electron chi connectivity index (χ3n) is 3.17. The number of aldehydes is 1. The van der Waals surface area contributed by atoms with Crippen molar-refractivity contribution < 1.29 is 19.2 Å². The summed E-state index contributed by atoms with van der Waals surface area (Å²) in [5.41, 5.74) is 1.99. The number of carboxylic acids is 1. The van der Waals surface area contributed by atoms with Crippen LogP contribution in [-0.4, -0.2) is 22.5 Å². The van der Waals surface area contributed by atoms with Crippen LogP contribution in [0.1, 0.15) is 27.5 Å². The average molecular weight is 243 g/mol. The summed E-state index contributed by atoms with van der Waals surface area (Å²) in [5.74, 6) is -1.29. The Hall–Kier alpha value is -2.43. The molecule has 1 N–H and O–H groups in total. The van der Waals surface area contributed by atoms with Gasteiger partial charge in [0.2, 0.25) is 0 Å². The Morgan fingerprint density at radius 2 is 2.22 bits per heavy atom. The first-order chi connectivity index (χ1) is 8.72. The summed E-state index contributed by atoms with van der Waals surface area (Å²) in [5, 5.41) is 12.6. The highest BCUT2D eigenvalue weighted by Gasteiger charge is 2.33. The number of carbonyl (C=O) groups is 2.